The highest BCUT2D eigenvalue weighted by atomic mass is 19.4. The average Bonchev–Trinajstić information content (AvgIpc) is 2.53. The summed E-state index contributed by atoms with van der Waals surface area (Å²) in [6.07, 6.45) is -4.28. The molecule has 1 atom stereocenters. The van der Waals surface area contributed by atoms with Crippen LogP contribution >= 0.6 is 0 Å². The van der Waals surface area contributed by atoms with Gasteiger partial charge in [0.15, 0.2) is 0 Å². The maximum atomic E-state index is 12.5. The van der Waals surface area contributed by atoms with Gasteiger partial charge in [-0.25, -0.2) is 0 Å². The first-order valence-electron chi connectivity index (χ1n) is 7.50. The molecule has 0 unspecified atom stereocenters. The molecule has 3 N–H and O–H groups in total. The minimum Gasteiger partial charge on any atom is -0.368 e. The fourth-order valence-electron chi connectivity index (χ4n) is 2.35. The van der Waals surface area contributed by atoms with Gasteiger partial charge in [0.05, 0.1) is 5.56 Å². The number of halogens is 3. The Morgan fingerprint density at radius 1 is 1.12 bits per heavy atom. The second kappa shape index (κ2) is 7.38. The smallest absolute Gasteiger partial charge is 0.368 e. The topological polar surface area (TPSA) is 72.2 Å². The number of primary amides is 1. The zero-order valence-corrected chi connectivity index (χ0v) is 13.4. The van der Waals surface area contributed by atoms with Crippen molar-refractivity contribution in [2.24, 2.45) is 5.73 Å². The van der Waals surface area contributed by atoms with Crippen molar-refractivity contribution >= 4 is 11.8 Å². The number of benzene rings is 2. The van der Waals surface area contributed by atoms with Crippen molar-refractivity contribution in [1.82, 2.24) is 5.32 Å². The molecule has 2 rings (SSSR count). The Labute approximate surface area is 142 Å². The fraction of sp³-hybridized carbons (Fsp3) is 0.222. The molecule has 2 aromatic carbocycles. The first kappa shape index (κ1) is 18.5. The van der Waals surface area contributed by atoms with Gasteiger partial charge in [0.2, 0.25) is 5.91 Å². The van der Waals surface area contributed by atoms with Crippen molar-refractivity contribution in [3.63, 3.8) is 0 Å². The van der Waals surface area contributed by atoms with Crippen LogP contribution < -0.4 is 11.1 Å². The molecule has 0 bridgehead atoms. The van der Waals surface area contributed by atoms with Crippen LogP contribution in [0.1, 0.15) is 27.0 Å². The molecule has 25 heavy (non-hydrogen) atoms. The third-order valence-electron chi connectivity index (χ3n) is 3.65. The van der Waals surface area contributed by atoms with Gasteiger partial charge < -0.3 is 11.1 Å². The molecule has 0 aliphatic heterocycles. The summed E-state index contributed by atoms with van der Waals surface area (Å²) in [6, 6.07) is 10.2. The lowest BCUT2D eigenvalue weighted by Gasteiger charge is -2.16. The highest BCUT2D eigenvalue weighted by molar-refractivity contribution is 5.97. The van der Waals surface area contributed by atoms with Gasteiger partial charge in [-0.1, -0.05) is 29.8 Å². The molecule has 2 amide bonds. The first-order valence-corrected chi connectivity index (χ1v) is 7.50. The highest BCUT2D eigenvalue weighted by Gasteiger charge is 2.30. The summed E-state index contributed by atoms with van der Waals surface area (Å²) in [5.74, 6) is -1.38. The Morgan fingerprint density at radius 3 is 2.28 bits per heavy atom. The molecule has 7 heteroatoms. The summed E-state index contributed by atoms with van der Waals surface area (Å²) in [7, 11) is 0. The maximum Gasteiger partial charge on any atom is 0.416 e. The lowest BCUT2D eigenvalue weighted by molar-refractivity contribution is -0.137. The molecule has 2 aromatic rings. The minimum atomic E-state index is -4.48. The largest absolute Gasteiger partial charge is 0.416 e. The van der Waals surface area contributed by atoms with Crippen LogP contribution in [-0.4, -0.2) is 17.9 Å². The van der Waals surface area contributed by atoms with Gasteiger partial charge in [0.1, 0.15) is 6.04 Å². The molecule has 0 spiro atoms. The quantitative estimate of drug-likeness (QED) is 0.870. The van der Waals surface area contributed by atoms with Gasteiger partial charge in [-0.2, -0.15) is 13.2 Å². The average molecular weight is 350 g/mol. The predicted molar refractivity (Wildman–Crippen MR) is 86.8 cm³/mol. The predicted octanol–water partition coefficient (Wildman–Crippen LogP) is 2.84. The summed E-state index contributed by atoms with van der Waals surface area (Å²) in [4.78, 5) is 23.8. The van der Waals surface area contributed by atoms with Crippen molar-refractivity contribution in [2.75, 3.05) is 0 Å². The van der Waals surface area contributed by atoms with Crippen LogP contribution in [0.3, 0.4) is 0 Å². The molecule has 4 nitrogen and oxygen atoms in total. The van der Waals surface area contributed by atoms with Gasteiger partial charge in [0, 0.05) is 12.0 Å². The maximum absolute atomic E-state index is 12.5. The third kappa shape index (κ3) is 5.07. The van der Waals surface area contributed by atoms with E-state index in [4.69, 9.17) is 5.73 Å². The minimum absolute atomic E-state index is 0.0171. The van der Waals surface area contributed by atoms with Gasteiger partial charge in [0.25, 0.3) is 5.91 Å². The van der Waals surface area contributed by atoms with Crippen LogP contribution in [0.5, 0.6) is 0 Å². The zero-order valence-electron chi connectivity index (χ0n) is 13.4. The number of alkyl halides is 3. The number of amides is 2. The summed E-state index contributed by atoms with van der Waals surface area (Å²) in [5, 5.41) is 2.46. The van der Waals surface area contributed by atoms with E-state index in [2.05, 4.69) is 5.32 Å². The number of nitrogens with two attached hydrogens (primary N) is 1. The molecule has 132 valence electrons. The molecule has 0 aromatic heterocycles. The lowest BCUT2D eigenvalue weighted by atomic mass is 10.0. The van der Waals surface area contributed by atoms with Crippen LogP contribution in [0.2, 0.25) is 0 Å². The van der Waals surface area contributed by atoms with E-state index in [1.807, 2.05) is 25.1 Å². The number of rotatable bonds is 5. The van der Waals surface area contributed by atoms with Crippen LogP contribution in [0.25, 0.3) is 0 Å². The van der Waals surface area contributed by atoms with E-state index < -0.39 is 29.6 Å². The molecular formula is C18H17F3N2O2. The summed E-state index contributed by atoms with van der Waals surface area (Å²) in [6.45, 7) is 1.89. The van der Waals surface area contributed by atoms with Crippen LogP contribution in [0.15, 0.2) is 48.5 Å². The van der Waals surface area contributed by atoms with Gasteiger partial charge in [-0.05, 0) is 36.8 Å². The number of nitrogens with one attached hydrogen (secondary N) is 1. The van der Waals surface area contributed by atoms with E-state index in [0.717, 1.165) is 35.4 Å². The van der Waals surface area contributed by atoms with Gasteiger partial charge >= 0.3 is 6.18 Å². The van der Waals surface area contributed by atoms with Crippen LogP contribution in [0.4, 0.5) is 13.2 Å². The van der Waals surface area contributed by atoms with Crippen molar-refractivity contribution in [2.45, 2.75) is 25.6 Å². The van der Waals surface area contributed by atoms with E-state index in [1.54, 1.807) is 6.07 Å². The lowest BCUT2D eigenvalue weighted by Crippen LogP contribution is -2.45. The van der Waals surface area contributed by atoms with Crippen molar-refractivity contribution < 1.29 is 22.8 Å². The molecule has 0 saturated heterocycles. The number of carbonyl (C=O) groups excluding carboxylic acids is 2. The Bertz CT molecular complexity index is 771. The van der Waals surface area contributed by atoms with E-state index in [9.17, 15) is 22.8 Å². The SMILES string of the molecule is Cc1cccc(C[C@@H](NC(=O)c2ccc(C(F)(F)F)cc2)C(N)=O)c1. The molecule has 0 saturated carbocycles. The Morgan fingerprint density at radius 2 is 1.76 bits per heavy atom. The third-order valence-corrected chi connectivity index (χ3v) is 3.65. The summed E-state index contributed by atoms with van der Waals surface area (Å²) < 4.78 is 37.6. The van der Waals surface area contributed by atoms with E-state index in [-0.39, 0.29) is 12.0 Å². The van der Waals surface area contributed by atoms with Gasteiger partial charge in [-0.3, -0.25) is 9.59 Å². The van der Waals surface area contributed by atoms with E-state index in [0.29, 0.717) is 0 Å². The standard InChI is InChI=1S/C18H17F3N2O2/c1-11-3-2-4-12(9-11)10-15(16(22)24)23-17(25)13-5-7-14(8-6-13)18(19,20)21/h2-9,15H,10H2,1H3,(H2,22,24)(H,23,25)/t15-/m1/s1. The van der Waals surface area contributed by atoms with Gasteiger partial charge in [-0.15, -0.1) is 0 Å². The Hall–Kier alpha value is -2.83. The Kier molecular flexibility index (Phi) is 5.46. The highest BCUT2D eigenvalue weighted by Crippen LogP contribution is 2.29. The second-order valence-electron chi connectivity index (χ2n) is 5.70. The Balaban J connectivity index is 2.11. The van der Waals surface area contributed by atoms with Crippen LogP contribution in [-0.2, 0) is 17.4 Å². The van der Waals surface area contributed by atoms with Crippen molar-refractivity contribution in [3.05, 3.63) is 70.8 Å². The molecular weight excluding hydrogens is 333 g/mol. The monoisotopic (exact) mass is 350 g/mol. The molecule has 0 aliphatic carbocycles. The molecule has 0 fully saturated rings. The van der Waals surface area contributed by atoms with Crippen LogP contribution in [0, 0.1) is 6.92 Å². The van der Waals surface area contributed by atoms with E-state index >= 15 is 0 Å². The summed E-state index contributed by atoms with van der Waals surface area (Å²) >= 11 is 0. The normalized spacial score (nSPS) is 12.5. The summed E-state index contributed by atoms with van der Waals surface area (Å²) in [5.41, 5.74) is 6.30. The molecule has 0 heterocycles. The number of aryl methyl sites for hydroxylation is 1. The number of hydrogen-bond donors (Lipinski definition) is 2. The van der Waals surface area contributed by atoms with E-state index in [1.165, 1.54) is 0 Å². The molecule has 0 radical (unpaired) electrons. The van der Waals surface area contributed by atoms with Crippen molar-refractivity contribution in [3.8, 4) is 0 Å². The fourth-order valence-corrected chi connectivity index (χ4v) is 2.35. The first-order chi connectivity index (χ1) is 11.7. The number of carbonyl (C=O) groups is 2. The second-order valence-corrected chi connectivity index (χ2v) is 5.70. The van der Waals surface area contributed by atoms with Crippen molar-refractivity contribution in [1.29, 1.82) is 0 Å². The zero-order chi connectivity index (χ0) is 18.6. The molecule has 0 aliphatic rings. The number of hydrogen-bond acceptors (Lipinski definition) is 2.